The molecule has 4 aliphatic carbocycles. The van der Waals surface area contributed by atoms with Gasteiger partial charge in [0.05, 0.1) is 12.2 Å². The van der Waals surface area contributed by atoms with E-state index in [9.17, 15) is 9.59 Å². The lowest BCUT2D eigenvalue weighted by Crippen LogP contribution is -2.48. The Kier molecular flexibility index (Phi) is 3.00. The zero-order chi connectivity index (χ0) is 15.6. The molecule has 4 nitrogen and oxygen atoms in total. The fraction of sp³-hybridized carbons (Fsp3) is 0.722. The monoisotopic (exact) mass is 330 g/mol. The summed E-state index contributed by atoms with van der Waals surface area (Å²) in [6.07, 6.45) is 8.97. The Labute approximate surface area is 140 Å². The summed E-state index contributed by atoms with van der Waals surface area (Å²) in [6, 6.07) is 0. The first-order valence-corrected chi connectivity index (χ1v) is 9.77. The Morgan fingerprint density at radius 2 is 1.61 bits per heavy atom. The number of hydrogen-bond donors (Lipinski definition) is 0. The second-order valence-electron chi connectivity index (χ2n) is 8.20. The maximum absolute atomic E-state index is 11.8. The van der Waals surface area contributed by atoms with Crippen LogP contribution in [0.1, 0.15) is 62.1 Å². The van der Waals surface area contributed by atoms with Gasteiger partial charge in [0.1, 0.15) is 5.01 Å². The molecule has 4 saturated carbocycles. The first-order chi connectivity index (χ1) is 11.1. The van der Waals surface area contributed by atoms with Crippen molar-refractivity contribution in [1.29, 1.82) is 0 Å². The van der Waals surface area contributed by atoms with Gasteiger partial charge in [-0.15, -0.1) is 11.3 Å². The van der Waals surface area contributed by atoms with Crippen molar-refractivity contribution in [1.82, 2.24) is 9.88 Å². The maximum Gasteiger partial charge on any atom is 0.230 e. The molecule has 23 heavy (non-hydrogen) atoms. The van der Waals surface area contributed by atoms with E-state index in [1.54, 1.807) is 11.3 Å². The second kappa shape index (κ2) is 4.88. The highest BCUT2D eigenvalue weighted by molar-refractivity contribution is 7.09. The van der Waals surface area contributed by atoms with E-state index in [0.29, 0.717) is 24.8 Å². The third-order valence-electron chi connectivity index (χ3n) is 6.58. The van der Waals surface area contributed by atoms with Gasteiger partial charge in [-0.3, -0.25) is 14.5 Å². The maximum atomic E-state index is 11.8. The largest absolute Gasteiger partial charge is 0.276 e. The van der Waals surface area contributed by atoms with Gasteiger partial charge in [0.15, 0.2) is 0 Å². The Bertz CT molecular complexity index is 629. The van der Waals surface area contributed by atoms with Crippen LogP contribution in [0.4, 0.5) is 0 Å². The van der Waals surface area contributed by atoms with Crippen LogP contribution < -0.4 is 0 Å². The summed E-state index contributed by atoms with van der Waals surface area (Å²) in [7, 11) is 0. The molecule has 0 N–H and O–H groups in total. The highest BCUT2D eigenvalue weighted by atomic mass is 32.1. The number of nitrogens with zero attached hydrogens (tertiary/aromatic N) is 2. The minimum atomic E-state index is -0.0402. The SMILES string of the molecule is O=C1CCC(=O)N1Cc1nc(C23CC4CC(CC(C4)C2)C3)cs1. The number of imide groups is 1. The van der Waals surface area contributed by atoms with Crippen molar-refractivity contribution < 1.29 is 9.59 Å². The van der Waals surface area contributed by atoms with Crippen molar-refractivity contribution in [3.8, 4) is 0 Å². The van der Waals surface area contributed by atoms with Crippen LogP contribution in [-0.2, 0) is 21.5 Å². The van der Waals surface area contributed by atoms with Gasteiger partial charge in [-0.05, 0) is 56.3 Å². The van der Waals surface area contributed by atoms with E-state index < -0.39 is 0 Å². The molecule has 1 aromatic rings. The number of amides is 2. The molecule has 1 aromatic heterocycles. The summed E-state index contributed by atoms with van der Waals surface area (Å²) in [6.45, 7) is 0.384. The molecular formula is C18H22N2O2S. The standard InChI is InChI=1S/C18H22N2O2S/c21-16-1-2-17(22)20(16)9-15-19-14(10-23-15)18-6-11-3-12(7-18)5-13(4-11)8-18/h10-13H,1-9H2. The van der Waals surface area contributed by atoms with Crippen LogP contribution in [0.3, 0.4) is 0 Å². The van der Waals surface area contributed by atoms with Gasteiger partial charge >= 0.3 is 0 Å². The molecule has 0 radical (unpaired) electrons. The summed E-state index contributed by atoms with van der Waals surface area (Å²) < 4.78 is 0. The van der Waals surface area contributed by atoms with Crippen LogP contribution in [0.5, 0.6) is 0 Å². The second-order valence-corrected chi connectivity index (χ2v) is 9.14. The Morgan fingerprint density at radius 3 is 2.17 bits per heavy atom. The molecule has 2 heterocycles. The van der Waals surface area contributed by atoms with Crippen molar-refractivity contribution in [2.75, 3.05) is 0 Å². The zero-order valence-corrected chi connectivity index (χ0v) is 14.1. The van der Waals surface area contributed by atoms with E-state index in [1.807, 2.05) is 0 Å². The van der Waals surface area contributed by atoms with Gasteiger partial charge in [0, 0.05) is 23.6 Å². The topological polar surface area (TPSA) is 50.3 Å². The average Bonchev–Trinajstić information content (AvgIpc) is 3.09. The van der Waals surface area contributed by atoms with E-state index in [2.05, 4.69) is 5.38 Å². The number of hydrogen-bond acceptors (Lipinski definition) is 4. The summed E-state index contributed by atoms with van der Waals surface area (Å²) in [4.78, 5) is 29.9. The lowest BCUT2D eigenvalue weighted by atomic mass is 9.49. The van der Waals surface area contributed by atoms with E-state index in [-0.39, 0.29) is 11.8 Å². The van der Waals surface area contributed by atoms with Gasteiger partial charge in [0.25, 0.3) is 0 Å². The van der Waals surface area contributed by atoms with E-state index in [4.69, 9.17) is 4.98 Å². The number of likely N-dealkylation sites (tertiary alicyclic amines) is 1. The van der Waals surface area contributed by atoms with Crippen LogP contribution in [-0.4, -0.2) is 21.7 Å². The van der Waals surface area contributed by atoms with E-state index >= 15 is 0 Å². The van der Waals surface area contributed by atoms with Gasteiger partial charge in [-0.25, -0.2) is 4.98 Å². The number of carbonyl (C=O) groups excluding carboxylic acids is 2. The Hall–Kier alpha value is -1.23. The molecule has 1 aliphatic heterocycles. The average molecular weight is 330 g/mol. The molecule has 5 heteroatoms. The fourth-order valence-corrected chi connectivity index (χ4v) is 6.89. The van der Waals surface area contributed by atoms with Gasteiger partial charge in [0.2, 0.25) is 11.8 Å². The fourth-order valence-electron chi connectivity index (χ4n) is 5.99. The van der Waals surface area contributed by atoms with Crippen molar-refractivity contribution >= 4 is 23.2 Å². The van der Waals surface area contributed by atoms with Gasteiger partial charge < -0.3 is 0 Å². The van der Waals surface area contributed by atoms with Crippen LogP contribution in [0.2, 0.25) is 0 Å². The van der Waals surface area contributed by atoms with E-state index in [1.165, 1.54) is 49.1 Å². The molecule has 5 aliphatic rings. The zero-order valence-electron chi connectivity index (χ0n) is 13.3. The number of aromatic nitrogens is 1. The molecule has 1 saturated heterocycles. The third-order valence-corrected chi connectivity index (χ3v) is 7.42. The van der Waals surface area contributed by atoms with E-state index in [0.717, 1.165) is 22.8 Å². The van der Waals surface area contributed by atoms with Crippen molar-refractivity contribution in [3.63, 3.8) is 0 Å². The normalized spacial score (nSPS) is 38.8. The minimum absolute atomic E-state index is 0.0402. The smallest absolute Gasteiger partial charge is 0.230 e. The first kappa shape index (κ1) is 14.1. The predicted molar refractivity (Wildman–Crippen MR) is 86.8 cm³/mol. The minimum Gasteiger partial charge on any atom is -0.276 e. The van der Waals surface area contributed by atoms with Crippen LogP contribution >= 0.6 is 11.3 Å². The van der Waals surface area contributed by atoms with Crippen molar-refractivity contribution in [2.24, 2.45) is 17.8 Å². The Balaban J connectivity index is 1.39. The molecule has 2 amide bonds. The van der Waals surface area contributed by atoms with Crippen LogP contribution in [0, 0.1) is 17.8 Å². The highest BCUT2D eigenvalue weighted by Gasteiger charge is 2.52. The third kappa shape index (κ3) is 2.19. The molecule has 6 rings (SSSR count). The number of thiazole rings is 1. The molecule has 0 spiro atoms. The summed E-state index contributed by atoms with van der Waals surface area (Å²) in [5, 5.41) is 3.15. The summed E-state index contributed by atoms with van der Waals surface area (Å²) in [5.41, 5.74) is 1.57. The lowest BCUT2D eigenvalue weighted by molar-refractivity contribution is -0.139. The quantitative estimate of drug-likeness (QED) is 0.799. The molecule has 5 fully saturated rings. The summed E-state index contributed by atoms with van der Waals surface area (Å²) >= 11 is 1.63. The van der Waals surface area contributed by atoms with Gasteiger partial charge in [-0.1, -0.05) is 0 Å². The van der Waals surface area contributed by atoms with Gasteiger partial charge in [-0.2, -0.15) is 0 Å². The van der Waals surface area contributed by atoms with Crippen molar-refractivity contribution in [3.05, 3.63) is 16.1 Å². The number of rotatable bonds is 3. The first-order valence-electron chi connectivity index (χ1n) is 8.89. The lowest BCUT2D eigenvalue weighted by Gasteiger charge is -2.56. The number of carbonyl (C=O) groups is 2. The molecule has 0 unspecified atom stereocenters. The molecular weight excluding hydrogens is 308 g/mol. The molecule has 4 bridgehead atoms. The van der Waals surface area contributed by atoms with Crippen LogP contribution in [0.15, 0.2) is 5.38 Å². The molecule has 0 aromatic carbocycles. The summed E-state index contributed by atoms with van der Waals surface area (Å²) in [5.74, 6) is 2.65. The molecule has 0 atom stereocenters. The van der Waals surface area contributed by atoms with Crippen molar-refractivity contribution in [2.45, 2.75) is 63.3 Å². The van der Waals surface area contributed by atoms with Crippen LogP contribution in [0.25, 0.3) is 0 Å². The predicted octanol–water partition coefficient (Wildman–Crippen LogP) is 3.26. The Morgan fingerprint density at radius 1 is 1.04 bits per heavy atom. The molecule has 122 valence electrons. The highest BCUT2D eigenvalue weighted by Crippen LogP contribution is 2.60.